The largest absolute Gasteiger partial charge is 0.481 e. The monoisotopic (exact) mass is 297 g/mol. The van der Waals surface area contributed by atoms with E-state index < -0.39 is 17.4 Å². The number of hydrogen-bond donors (Lipinski definition) is 4. The SMILES string of the molecule is O=C1CC(NC(=O)NCC2(C(=O)O)CCCCCC2)CN1. The fourth-order valence-electron chi connectivity index (χ4n) is 3.06. The van der Waals surface area contributed by atoms with Crippen molar-refractivity contribution in [3.8, 4) is 0 Å². The van der Waals surface area contributed by atoms with Gasteiger partial charge in [-0.1, -0.05) is 25.7 Å². The van der Waals surface area contributed by atoms with Gasteiger partial charge >= 0.3 is 12.0 Å². The maximum absolute atomic E-state index is 11.8. The van der Waals surface area contributed by atoms with E-state index in [1.54, 1.807) is 0 Å². The van der Waals surface area contributed by atoms with Crippen molar-refractivity contribution in [2.24, 2.45) is 5.41 Å². The predicted octanol–water partition coefficient (Wildman–Crippen LogP) is 0.599. The minimum atomic E-state index is -0.850. The Bertz CT molecular complexity index is 416. The molecule has 3 amide bonds. The van der Waals surface area contributed by atoms with Crippen molar-refractivity contribution in [3.05, 3.63) is 0 Å². The summed E-state index contributed by atoms with van der Waals surface area (Å²) in [6.07, 6.45) is 5.36. The van der Waals surface area contributed by atoms with Crippen molar-refractivity contribution in [2.75, 3.05) is 13.1 Å². The second-order valence-electron chi connectivity index (χ2n) is 6.03. The molecule has 1 saturated heterocycles. The van der Waals surface area contributed by atoms with Crippen molar-refractivity contribution in [2.45, 2.75) is 51.0 Å². The van der Waals surface area contributed by atoms with Gasteiger partial charge in [0.05, 0.1) is 11.5 Å². The summed E-state index contributed by atoms with van der Waals surface area (Å²) in [5, 5.41) is 17.5. The van der Waals surface area contributed by atoms with Crippen molar-refractivity contribution in [1.29, 1.82) is 0 Å². The number of nitrogens with one attached hydrogen (secondary N) is 3. The Morgan fingerprint density at radius 2 is 1.90 bits per heavy atom. The highest BCUT2D eigenvalue weighted by atomic mass is 16.4. The van der Waals surface area contributed by atoms with Gasteiger partial charge in [0.15, 0.2) is 0 Å². The first kappa shape index (κ1) is 15.6. The Hall–Kier alpha value is -1.79. The van der Waals surface area contributed by atoms with E-state index in [0.717, 1.165) is 25.7 Å². The van der Waals surface area contributed by atoms with E-state index in [1.807, 2.05) is 0 Å². The summed E-state index contributed by atoms with van der Waals surface area (Å²) in [6, 6.07) is -0.617. The zero-order valence-corrected chi connectivity index (χ0v) is 12.1. The molecule has 1 atom stereocenters. The van der Waals surface area contributed by atoms with E-state index in [4.69, 9.17) is 0 Å². The molecule has 7 heteroatoms. The number of carboxylic acids is 1. The topological polar surface area (TPSA) is 108 Å². The van der Waals surface area contributed by atoms with Crippen LogP contribution >= 0.6 is 0 Å². The summed E-state index contributed by atoms with van der Waals surface area (Å²) in [5.41, 5.74) is -0.850. The van der Waals surface area contributed by atoms with Crippen molar-refractivity contribution >= 4 is 17.9 Å². The smallest absolute Gasteiger partial charge is 0.315 e. The number of hydrogen-bond acceptors (Lipinski definition) is 3. The van der Waals surface area contributed by atoms with Crippen molar-refractivity contribution < 1.29 is 19.5 Å². The number of amides is 3. The van der Waals surface area contributed by atoms with Gasteiger partial charge in [0.2, 0.25) is 5.91 Å². The van der Waals surface area contributed by atoms with Crippen LogP contribution in [0, 0.1) is 5.41 Å². The molecule has 21 heavy (non-hydrogen) atoms. The summed E-state index contributed by atoms with van der Waals surface area (Å²) in [4.78, 5) is 34.5. The van der Waals surface area contributed by atoms with E-state index >= 15 is 0 Å². The Balaban J connectivity index is 1.84. The fourth-order valence-corrected chi connectivity index (χ4v) is 3.06. The molecule has 1 unspecified atom stereocenters. The van der Waals surface area contributed by atoms with Gasteiger partial charge in [-0.25, -0.2) is 4.79 Å². The van der Waals surface area contributed by atoms with Gasteiger partial charge in [0.25, 0.3) is 0 Å². The maximum atomic E-state index is 11.8. The van der Waals surface area contributed by atoms with Crippen LogP contribution in [-0.4, -0.2) is 42.1 Å². The molecule has 1 aliphatic carbocycles. The highest BCUT2D eigenvalue weighted by Gasteiger charge is 2.39. The number of carboxylic acid groups (broad SMARTS) is 1. The van der Waals surface area contributed by atoms with Gasteiger partial charge in [0.1, 0.15) is 0 Å². The average Bonchev–Trinajstić information content (AvgIpc) is 2.71. The van der Waals surface area contributed by atoms with E-state index in [-0.39, 0.29) is 24.9 Å². The Morgan fingerprint density at radius 3 is 2.43 bits per heavy atom. The molecule has 118 valence electrons. The van der Waals surface area contributed by atoms with Gasteiger partial charge in [-0.3, -0.25) is 9.59 Å². The first-order valence-corrected chi connectivity index (χ1v) is 7.56. The normalized spacial score (nSPS) is 24.8. The van der Waals surface area contributed by atoms with Crippen molar-refractivity contribution in [1.82, 2.24) is 16.0 Å². The second-order valence-corrected chi connectivity index (χ2v) is 6.03. The fraction of sp³-hybridized carbons (Fsp3) is 0.786. The molecule has 2 fully saturated rings. The van der Waals surface area contributed by atoms with Crippen LogP contribution in [0.15, 0.2) is 0 Å². The van der Waals surface area contributed by atoms with Crippen LogP contribution in [0.5, 0.6) is 0 Å². The summed E-state index contributed by atoms with van der Waals surface area (Å²) >= 11 is 0. The third-order valence-corrected chi connectivity index (χ3v) is 4.41. The number of rotatable bonds is 4. The first-order chi connectivity index (χ1) is 10.0. The quantitative estimate of drug-likeness (QED) is 0.570. The molecule has 1 aliphatic heterocycles. The van der Waals surface area contributed by atoms with Gasteiger partial charge in [0, 0.05) is 19.5 Å². The number of aliphatic carboxylic acids is 1. The van der Waals surface area contributed by atoms with E-state index in [9.17, 15) is 19.5 Å². The molecular formula is C14H23N3O4. The van der Waals surface area contributed by atoms with Crippen molar-refractivity contribution in [3.63, 3.8) is 0 Å². The third-order valence-electron chi connectivity index (χ3n) is 4.41. The van der Waals surface area contributed by atoms with Crippen LogP contribution < -0.4 is 16.0 Å². The molecule has 1 heterocycles. The maximum Gasteiger partial charge on any atom is 0.315 e. The Kier molecular flexibility index (Phi) is 5.03. The average molecular weight is 297 g/mol. The summed E-state index contributed by atoms with van der Waals surface area (Å²) < 4.78 is 0. The number of carbonyl (C=O) groups excluding carboxylic acids is 2. The minimum Gasteiger partial charge on any atom is -0.481 e. The molecule has 2 rings (SSSR count). The highest BCUT2D eigenvalue weighted by molar-refractivity contribution is 5.82. The van der Waals surface area contributed by atoms with Crippen LogP contribution in [0.3, 0.4) is 0 Å². The van der Waals surface area contributed by atoms with Crippen LogP contribution in [0.2, 0.25) is 0 Å². The molecule has 1 saturated carbocycles. The van der Waals surface area contributed by atoms with Gasteiger partial charge in [-0.15, -0.1) is 0 Å². The summed E-state index contributed by atoms with van der Waals surface area (Å²) in [5.74, 6) is -0.909. The first-order valence-electron chi connectivity index (χ1n) is 7.56. The zero-order valence-electron chi connectivity index (χ0n) is 12.1. The second kappa shape index (κ2) is 6.78. The standard InChI is InChI=1S/C14H23N3O4/c18-11-7-10(8-15-11)17-13(21)16-9-14(12(19)20)5-3-1-2-4-6-14/h10H,1-9H2,(H,15,18)(H,19,20)(H2,16,17,21). The molecule has 0 aromatic heterocycles. The molecular weight excluding hydrogens is 274 g/mol. The van der Waals surface area contributed by atoms with Gasteiger partial charge < -0.3 is 21.1 Å². The van der Waals surface area contributed by atoms with E-state index in [2.05, 4.69) is 16.0 Å². The van der Waals surface area contributed by atoms with Crippen LogP contribution in [0.4, 0.5) is 4.79 Å². The molecule has 2 aliphatic rings. The molecule has 4 N–H and O–H groups in total. The van der Waals surface area contributed by atoms with E-state index in [0.29, 0.717) is 19.4 Å². The molecule has 0 aromatic carbocycles. The van der Waals surface area contributed by atoms with E-state index in [1.165, 1.54) is 0 Å². The van der Waals surface area contributed by atoms with Crippen LogP contribution in [-0.2, 0) is 9.59 Å². The molecule has 0 spiro atoms. The number of carbonyl (C=O) groups is 3. The highest BCUT2D eigenvalue weighted by Crippen LogP contribution is 2.34. The Morgan fingerprint density at radius 1 is 1.24 bits per heavy atom. The summed E-state index contributed by atoms with van der Waals surface area (Å²) in [7, 11) is 0. The lowest BCUT2D eigenvalue weighted by atomic mass is 9.80. The van der Waals surface area contributed by atoms with Gasteiger partial charge in [-0.05, 0) is 12.8 Å². The Labute approximate surface area is 123 Å². The number of urea groups is 1. The molecule has 0 radical (unpaired) electrons. The molecule has 0 aromatic rings. The molecule has 0 bridgehead atoms. The zero-order chi connectivity index (χ0) is 15.3. The summed E-state index contributed by atoms with van der Waals surface area (Å²) in [6.45, 7) is 0.568. The third kappa shape index (κ3) is 4.09. The lowest BCUT2D eigenvalue weighted by Crippen LogP contribution is -2.48. The minimum absolute atomic E-state index is 0.0777. The lowest BCUT2D eigenvalue weighted by Gasteiger charge is -2.28. The predicted molar refractivity (Wildman–Crippen MR) is 75.7 cm³/mol. The van der Waals surface area contributed by atoms with Crippen LogP contribution in [0.25, 0.3) is 0 Å². The van der Waals surface area contributed by atoms with Crippen LogP contribution in [0.1, 0.15) is 44.9 Å². The molecule has 7 nitrogen and oxygen atoms in total. The van der Waals surface area contributed by atoms with Gasteiger partial charge in [-0.2, -0.15) is 0 Å². The lowest BCUT2D eigenvalue weighted by molar-refractivity contribution is -0.149.